The van der Waals surface area contributed by atoms with Crippen LogP contribution in [0.2, 0.25) is 0 Å². The molecule has 1 unspecified atom stereocenters. The van der Waals surface area contributed by atoms with E-state index in [4.69, 9.17) is 4.74 Å². The van der Waals surface area contributed by atoms with Gasteiger partial charge >= 0.3 is 0 Å². The van der Waals surface area contributed by atoms with Gasteiger partial charge in [0.15, 0.2) is 0 Å². The van der Waals surface area contributed by atoms with Gasteiger partial charge in [-0.05, 0) is 59.5 Å². The molecular formula is C24H23FN2O4S. The average molecular weight is 455 g/mol. The second-order valence-corrected chi connectivity index (χ2v) is 9.45. The molecular weight excluding hydrogens is 431 g/mol. The third-order valence-corrected chi connectivity index (χ3v) is 7.40. The topological polar surface area (TPSA) is 75.7 Å². The maximum Gasteiger partial charge on any atom is 0.244 e. The van der Waals surface area contributed by atoms with Gasteiger partial charge in [-0.3, -0.25) is 4.79 Å². The smallest absolute Gasteiger partial charge is 0.244 e. The van der Waals surface area contributed by atoms with Crippen LogP contribution in [0.4, 0.5) is 4.39 Å². The number of amides is 1. The minimum Gasteiger partial charge on any atom is -0.497 e. The lowest BCUT2D eigenvalue weighted by Gasteiger charge is -2.35. The van der Waals surface area contributed by atoms with Gasteiger partial charge in [0.05, 0.1) is 12.0 Å². The number of nitrogens with zero attached hydrogens (tertiary/aromatic N) is 1. The molecule has 1 aliphatic heterocycles. The van der Waals surface area contributed by atoms with Crippen molar-refractivity contribution in [2.24, 2.45) is 0 Å². The Morgan fingerprint density at radius 3 is 2.50 bits per heavy atom. The van der Waals surface area contributed by atoms with Crippen molar-refractivity contribution in [2.75, 3.05) is 7.11 Å². The highest BCUT2D eigenvalue weighted by molar-refractivity contribution is 7.89. The minimum absolute atomic E-state index is 0.0520. The van der Waals surface area contributed by atoms with Crippen LogP contribution in [0.15, 0.2) is 77.7 Å². The van der Waals surface area contributed by atoms with E-state index in [2.05, 4.69) is 5.32 Å². The summed E-state index contributed by atoms with van der Waals surface area (Å²) in [7, 11) is -2.46. The quantitative estimate of drug-likeness (QED) is 0.620. The Morgan fingerprint density at radius 2 is 1.78 bits per heavy atom. The highest BCUT2D eigenvalue weighted by Crippen LogP contribution is 2.29. The summed E-state index contributed by atoms with van der Waals surface area (Å²) in [6.45, 7) is 0.297. The molecule has 4 rings (SSSR count). The molecule has 1 N–H and O–H groups in total. The normalized spacial score (nSPS) is 16.2. The SMILES string of the molecule is COc1cccc(CNC(=O)C2Cc3ccccc3CN2S(=O)(=O)c2ccc(F)cc2)c1. The van der Waals surface area contributed by atoms with Crippen molar-refractivity contribution in [3.63, 3.8) is 0 Å². The van der Waals surface area contributed by atoms with Crippen LogP contribution >= 0.6 is 0 Å². The lowest BCUT2D eigenvalue weighted by Crippen LogP contribution is -2.52. The molecule has 0 radical (unpaired) electrons. The molecule has 6 nitrogen and oxygen atoms in total. The van der Waals surface area contributed by atoms with E-state index in [1.165, 1.54) is 16.4 Å². The summed E-state index contributed by atoms with van der Waals surface area (Å²) >= 11 is 0. The lowest BCUT2D eigenvalue weighted by atomic mass is 9.95. The molecule has 0 aliphatic carbocycles. The fourth-order valence-corrected chi connectivity index (χ4v) is 5.37. The number of methoxy groups -OCH3 is 1. The van der Waals surface area contributed by atoms with Crippen LogP contribution in [-0.4, -0.2) is 31.8 Å². The number of nitrogens with one attached hydrogen (secondary N) is 1. The highest BCUT2D eigenvalue weighted by atomic mass is 32.2. The summed E-state index contributed by atoms with van der Waals surface area (Å²) in [5, 5.41) is 2.85. The Kier molecular flexibility index (Phi) is 6.25. The summed E-state index contributed by atoms with van der Waals surface area (Å²) in [6, 6.07) is 18.5. The Hall–Kier alpha value is -3.23. The molecule has 1 heterocycles. The van der Waals surface area contributed by atoms with Gasteiger partial charge < -0.3 is 10.1 Å². The summed E-state index contributed by atoms with van der Waals surface area (Å²) in [5.41, 5.74) is 2.61. The number of hydrogen-bond donors (Lipinski definition) is 1. The monoisotopic (exact) mass is 454 g/mol. The van der Waals surface area contributed by atoms with Crippen molar-refractivity contribution < 1.29 is 22.3 Å². The van der Waals surface area contributed by atoms with E-state index in [0.717, 1.165) is 28.8 Å². The van der Waals surface area contributed by atoms with Crippen LogP contribution in [0.25, 0.3) is 0 Å². The number of carbonyl (C=O) groups excluding carboxylic acids is 1. The number of sulfonamides is 1. The number of halogens is 1. The largest absolute Gasteiger partial charge is 0.497 e. The van der Waals surface area contributed by atoms with Gasteiger partial charge in [0.1, 0.15) is 17.6 Å². The molecule has 166 valence electrons. The van der Waals surface area contributed by atoms with Gasteiger partial charge in [-0.25, -0.2) is 12.8 Å². The van der Waals surface area contributed by atoms with Crippen molar-refractivity contribution in [3.05, 3.63) is 95.3 Å². The summed E-state index contributed by atoms with van der Waals surface area (Å²) < 4.78 is 46.5. The van der Waals surface area contributed by atoms with Crippen LogP contribution in [0.3, 0.4) is 0 Å². The number of benzene rings is 3. The van der Waals surface area contributed by atoms with Crippen molar-refractivity contribution in [2.45, 2.75) is 30.4 Å². The molecule has 0 fully saturated rings. The van der Waals surface area contributed by atoms with Crippen molar-refractivity contribution in [3.8, 4) is 5.75 Å². The first-order valence-corrected chi connectivity index (χ1v) is 11.6. The fourth-order valence-electron chi connectivity index (χ4n) is 3.81. The van der Waals surface area contributed by atoms with Gasteiger partial charge in [0.25, 0.3) is 0 Å². The predicted molar refractivity (Wildman–Crippen MR) is 118 cm³/mol. The Bertz CT molecular complexity index is 1230. The van der Waals surface area contributed by atoms with Gasteiger partial charge in [0, 0.05) is 13.1 Å². The molecule has 0 aromatic heterocycles. The standard InChI is InChI=1S/C24H23FN2O4S/c1-31-21-8-4-5-17(13-21)15-26-24(28)23-14-18-6-2-3-7-19(18)16-27(23)32(29,30)22-11-9-20(25)10-12-22/h2-13,23H,14-16H2,1H3,(H,26,28). The summed E-state index contributed by atoms with van der Waals surface area (Å²) in [5.74, 6) is -0.252. The average Bonchev–Trinajstić information content (AvgIpc) is 2.82. The second-order valence-electron chi connectivity index (χ2n) is 7.56. The van der Waals surface area contributed by atoms with E-state index in [1.54, 1.807) is 13.2 Å². The third kappa shape index (κ3) is 4.51. The summed E-state index contributed by atoms with van der Waals surface area (Å²) in [4.78, 5) is 13.1. The van der Waals surface area contributed by atoms with E-state index in [9.17, 15) is 17.6 Å². The van der Waals surface area contributed by atoms with E-state index in [0.29, 0.717) is 5.75 Å². The van der Waals surface area contributed by atoms with Gasteiger partial charge in [-0.15, -0.1) is 0 Å². The minimum atomic E-state index is -4.02. The molecule has 1 amide bonds. The first kappa shape index (κ1) is 22.0. The van der Waals surface area contributed by atoms with E-state index in [1.807, 2.05) is 42.5 Å². The highest BCUT2D eigenvalue weighted by Gasteiger charge is 2.39. The molecule has 0 bridgehead atoms. The Morgan fingerprint density at radius 1 is 1.06 bits per heavy atom. The third-order valence-electron chi connectivity index (χ3n) is 5.53. The first-order chi connectivity index (χ1) is 15.4. The maximum atomic E-state index is 13.4. The van der Waals surface area contributed by atoms with Crippen LogP contribution in [0.1, 0.15) is 16.7 Å². The number of carbonyl (C=O) groups is 1. The zero-order valence-corrected chi connectivity index (χ0v) is 18.3. The zero-order valence-electron chi connectivity index (χ0n) is 17.5. The van der Waals surface area contributed by atoms with Crippen LogP contribution < -0.4 is 10.1 Å². The number of fused-ring (bicyclic) bond motifs is 1. The predicted octanol–water partition coefficient (Wildman–Crippen LogP) is 3.27. The number of ether oxygens (including phenoxy) is 1. The maximum absolute atomic E-state index is 13.4. The second kappa shape index (κ2) is 9.10. The fraction of sp³-hybridized carbons (Fsp3) is 0.208. The molecule has 8 heteroatoms. The Balaban J connectivity index is 1.62. The molecule has 0 saturated heterocycles. The van der Waals surface area contributed by atoms with Gasteiger partial charge in [-0.2, -0.15) is 4.31 Å². The summed E-state index contributed by atoms with van der Waals surface area (Å²) in [6.07, 6.45) is 0.251. The molecule has 0 saturated carbocycles. The zero-order chi connectivity index (χ0) is 22.7. The Labute approximate surface area is 186 Å². The number of hydrogen-bond acceptors (Lipinski definition) is 4. The lowest BCUT2D eigenvalue weighted by molar-refractivity contribution is -0.125. The van der Waals surface area contributed by atoms with Crippen LogP contribution in [-0.2, 0) is 34.3 Å². The molecule has 1 atom stereocenters. The molecule has 0 spiro atoms. The van der Waals surface area contributed by atoms with Crippen LogP contribution in [0, 0.1) is 5.82 Å². The molecule has 32 heavy (non-hydrogen) atoms. The van der Waals surface area contributed by atoms with Crippen molar-refractivity contribution >= 4 is 15.9 Å². The molecule has 1 aliphatic rings. The van der Waals surface area contributed by atoms with E-state index >= 15 is 0 Å². The van der Waals surface area contributed by atoms with Gasteiger partial charge in [-0.1, -0.05) is 36.4 Å². The first-order valence-electron chi connectivity index (χ1n) is 10.1. The van der Waals surface area contributed by atoms with Crippen molar-refractivity contribution in [1.82, 2.24) is 9.62 Å². The van der Waals surface area contributed by atoms with Crippen LogP contribution in [0.5, 0.6) is 5.75 Å². The van der Waals surface area contributed by atoms with E-state index in [-0.39, 0.29) is 24.4 Å². The molecule has 3 aromatic rings. The van der Waals surface area contributed by atoms with Crippen molar-refractivity contribution in [1.29, 1.82) is 0 Å². The van der Waals surface area contributed by atoms with E-state index < -0.39 is 27.8 Å². The van der Waals surface area contributed by atoms with Gasteiger partial charge in [0.2, 0.25) is 15.9 Å². The number of rotatable bonds is 6. The molecule has 3 aromatic carbocycles.